The molecule has 3 fully saturated rings. The molecule has 0 amide bonds. The summed E-state index contributed by atoms with van der Waals surface area (Å²) in [5.41, 5.74) is 3.47. The topological polar surface area (TPSA) is 108 Å². The zero-order valence-corrected chi connectivity index (χ0v) is 27.9. The van der Waals surface area contributed by atoms with E-state index < -0.39 is 13.7 Å². The minimum absolute atomic E-state index is 0.00736. The molecule has 44 heavy (non-hydrogen) atoms. The van der Waals surface area contributed by atoms with E-state index >= 15 is 0 Å². The average Bonchev–Trinajstić information content (AvgIpc) is 3.59. The van der Waals surface area contributed by atoms with Gasteiger partial charge < -0.3 is 19.1 Å². The van der Waals surface area contributed by atoms with Crippen LogP contribution in [0.3, 0.4) is 0 Å². The van der Waals surface area contributed by atoms with Crippen molar-refractivity contribution in [2.24, 2.45) is 11.8 Å². The molecular weight excluding hydrogens is 617 g/mol. The second kappa shape index (κ2) is 11.8. The maximum absolute atomic E-state index is 12.3. The molecule has 3 heterocycles. The van der Waals surface area contributed by atoms with Crippen LogP contribution in [0.25, 0.3) is 22.4 Å². The van der Waals surface area contributed by atoms with Crippen LogP contribution < -0.4 is 0 Å². The molecule has 3 aliphatic carbocycles. The quantitative estimate of drug-likeness (QED) is 0.130. The third-order valence-corrected chi connectivity index (χ3v) is 12.0. The van der Waals surface area contributed by atoms with Crippen molar-refractivity contribution in [3.63, 3.8) is 0 Å². The SMILES string of the molecule is C[Si](C)(C)CCOCn1nnc2ncc(C3(O)C4CCC3CC(OCc3c(-c5c(Cl)cccc5Cl)noc3C3CC3)C4)cc21. The summed E-state index contributed by atoms with van der Waals surface area (Å²) in [6, 6.07) is 8.55. The van der Waals surface area contributed by atoms with E-state index in [1.165, 1.54) is 0 Å². The van der Waals surface area contributed by atoms with E-state index in [0.29, 0.717) is 52.8 Å². The Morgan fingerprint density at radius 2 is 1.82 bits per heavy atom. The second-order valence-corrected chi connectivity index (χ2v) is 20.4. The molecule has 0 spiro atoms. The van der Waals surface area contributed by atoms with Crippen LogP contribution in [-0.4, -0.2) is 51.0 Å². The minimum atomic E-state index is -1.18. The zero-order chi connectivity index (χ0) is 30.6. The fraction of sp³-hybridized carbons (Fsp3) is 0.562. The Morgan fingerprint density at radius 1 is 1.09 bits per heavy atom. The normalized spacial score (nSPS) is 25.3. The molecule has 4 aromatic rings. The average molecular weight is 657 g/mol. The van der Waals surface area contributed by atoms with Gasteiger partial charge >= 0.3 is 0 Å². The van der Waals surface area contributed by atoms with Crippen LogP contribution in [0.5, 0.6) is 0 Å². The minimum Gasteiger partial charge on any atom is -0.385 e. The molecule has 0 saturated heterocycles. The molecule has 234 valence electrons. The van der Waals surface area contributed by atoms with Gasteiger partial charge in [-0.25, -0.2) is 9.67 Å². The first-order valence-corrected chi connectivity index (χ1v) is 20.1. The standard InChI is InChI=1S/C32H39Cl2N5O4Si/c1-44(2,3)12-11-41-18-39-27-15-22(16-35-31(27)36-38-39)32(40)20-9-10-21(32)14-23(13-20)42-17-24-29(37-43-30(24)19-7-8-19)28-25(33)5-4-6-26(28)34/h4-6,15-16,19-21,23,40H,7-14,17-18H2,1-3H3. The van der Waals surface area contributed by atoms with Gasteiger partial charge in [0.05, 0.1) is 28.4 Å². The van der Waals surface area contributed by atoms with E-state index in [1.807, 2.05) is 24.3 Å². The number of aliphatic hydroxyl groups is 1. The Hall–Kier alpha value is -2.34. The summed E-state index contributed by atoms with van der Waals surface area (Å²) in [6.07, 6.45) is 7.34. The van der Waals surface area contributed by atoms with Crippen LogP contribution >= 0.6 is 23.2 Å². The van der Waals surface area contributed by atoms with Gasteiger partial charge in [-0.3, -0.25) is 0 Å². The zero-order valence-electron chi connectivity index (χ0n) is 25.4. The van der Waals surface area contributed by atoms with E-state index in [9.17, 15) is 5.11 Å². The Labute approximate surface area is 268 Å². The lowest BCUT2D eigenvalue weighted by Crippen LogP contribution is -2.44. The summed E-state index contributed by atoms with van der Waals surface area (Å²) >= 11 is 13.1. The van der Waals surface area contributed by atoms with Crippen LogP contribution in [0.15, 0.2) is 35.0 Å². The highest BCUT2D eigenvalue weighted by atomic mass is 35.5. The van der Waals surface area contributed by atoms with Gasteiger partial charge in [-0.1, -0.05) is 59.3 Å². The van der Waals surface area contributed by atoms with Gasteiger partial charge in [0.25, 0.3) is 0 Å². The summed E-state index contributed by atoms with van der Waals surface area (Å²) in [4.78, 5) is 4.59. The maximum Gasteiger partial charge on any atom is 0.201 e. The molecule has 3 aliphatic rings. The fourth-order valence-electron chi connectivity index (χ4n) is 7.06. The van der Waals surface area contributed by atoms with E-state index in [4.69, 9.17) is 37.2 Å². The van der Waals surface area contributed by atoms with E-state index in [0.717, 1.165) is 67.0 Å². The van der Waals surface area contributed by atoms with Crippen LogP contribution in [0.4, 0.5) is 0 Å². The number of hydrogen-bond acceptors (Lipinski definition) is 8. The Bertz CT molecular complexity index is 1630. The van der Waals surface area contributed by atoms with E-state index in [2.05, 4.69) is 40.1 Å². The molecule has 1 N–H and O–H groups in total. The maximum atomic E-state index is 12.3. The predicted molar refractivity (Wildman–Crippen MR) is 171 cm³/mol. The van der Waals surface area contributed by atoms with Crippen LogP contribution in [0, 0.1) is 11.8 Å². The number of nitrogens with zero attached hydrogens (tertiary/aromatic N) is 5. The van der Waals surface area contributed by atoms with Crippen molar-refractivity contribution in [1.29, 1.82) is 0 Å². The summed E-state index contributed by atoms with van der Waals surface area (Å²) < 4.78 is 20.1. The van der Waals surface area contributed by atoms with Crippen molar-refractivity contribution in [3.8, 4) is 11.3 Å². The Balaban J connectivity index is 1.07. The molecule has 9 nitrogen and oxygen atoms in total. The first-order chi connectivity index (χ1) is 21.1. The van der Waals surface area contributed by atoms with Gasteiger partial charge in [-0.05, 0) is 74.6 Å². The molecule has 2 atom stereocenters. The summed E-state index contributed by atoms with van der Waals surface area (Å²) in [6.45, 7) is 8.38. The lowest BCUT2D eigenvalue weighted by Gasteiger charge is -2.42. The number of hydrogen-bond donors (Lipinski definition) is 1. The molecule has 0 radical (unpaired) electrons. The third-order valence-electron chi connectivity index (χ3n) is 9.68. The lowest BCUT2D eigenvalue weighted by molar-refractivity contribution is -0.116. The molecule has 3 aromatic heterocycles. The molecule has 1 aromatic carbocycles. The molecular formula is C32H39Cl2N5O4Si. The van der Waals surface area contributed by atoms with Gasteiger partial charge in [0.1, 0.15) is 23.7 Å². The number of rotatable bonds is 11. The van der Waals surface area contributed by atoms with Gasteiger partial charge in [0.2, 0.25) is 5.65 Å². The highest BCUT2D eigenvalue weighted by Gasteiger charge is 2.55. The Morgan fingerprint density at radius 3 is 2.50 bits per heavy atom. The number of pyridine rings is 1. The fourth-order valence-corrected chi connectivity index (χ4v) is 8.39. The van der Waals surface area contributed by atoms with E-state index in [1.54, 1.807) is 10.9 Å². The van der Waals surface area contributed by atoms with E-state index in [-0.39, 0.29) is 17.9 Å². The molecule has 3 saturated carbocycles. The van der Waals surface area contributed by atoms with Crippen LogP contribution in [0.2, 0.25) is 35.7 Å². The largest absolute Gasteiger partial charge is 0.385 e. The Kier molecular flexibility index (Phi) is 8.12. The first kappa shape index (κ1) is 30.3. The lowest BCUT2D eigenvalue weighted by atomic mass is 9.70. The summed E-state index contributed by atoms with van der Waals surface area (Å²) in [7, 11) is -1.18. The van der Waals surface area contributed by atoms with Gasteiger partial charge in [0.15, 0.2) is 0 Å². The van der Waals surface area contributed by atoms with Gasteiger partial charge in [0, 0.05) is 43.5 Å². The smallest absolute Gasteiger partial charge is 0.201 e. The van der Waals surface area contributed by atoms with Gasteiger partial charge in [-0.2, -0.15) is 0 Å². The van der Waals surface area contributed by atoms with Crippen LogP contribution in [-0.2, 0) is 28.4 Å². The molecule has 0 aliphatic heterocycles. The summed E-state index contributed by atoms with van der Waals surface area (Å²) in [5.74, 6) is 1.36. The summed E-state index contributed by atoms with van der Waals surface area (Å²) in [5, 5.41) is 26.2. The second-order valence-electron chi connectivity index (χ2n) is 13.9. The van der Waals surface area contributed by atoms with Crippen molar-refractivity contribution < 1.29 is 19.1 Å². The molecule has 7 rings (SSSR count). The number of fused-ring (bicyclic) bond motifs is 3. The molecule has 2 unspecified atom stereocenters. The van der Waals surface area contributed by atoms with Crippen molar-refractivity contribution in [2.75, 3.05) is 6.61 Å². The highest BCUT2D eigenvalue weighted by molar-refractivity contribution is 6.76. The number of halogens is 2. The van der Waals surface area contributed by atoms with Crippen LogP contribution in [0.1, 0.15) is 61.3 Å². The van der Waals surface area contributed by atoms with Gasteiger partial charge in [-0.15, -0.1) is 5.10 Å². The van der Waals surface area contributed by atoms with Crippen molar-refractivity contribution in [1.82, 2.24) is 25.1 Å². The molecule has 12 heteroatoms. The molecule has 2 bridgehead atoms. The predicted octanol–water partition coefficient (Wildman–Crippen LogP) is 7.57. The monoisotopic (exact) mass is 655 g/mol. The van der Waals surface area contributed by atoms with Crippen molar-refractivity contribution in [3.05, 3.63) is 57.4 Å². The highest BCUT2D eigenvalue weighted by Crippen LogP contribution is 2.56. The first-order valence-electron chi connectivity index (χ1n) is 15.7. The third kappa shape index (κ3) is 5.73. The van der Waals surface area contributed by atoms with Crippen molar-refractivity contribution in [2.45, 2.75) is 95.2 Å². The number of ether oxygens (including phenoxy) is 2. The van der Waals surface area contributed by atoms with Crippen molar-refractivity contribution >= 4 is 42.4 Å². The number of benzene rings is 1. The number of aromatic nitrogens is 5.